The van der Waals surface area contributed by atoms with Gasteiger partial charge in [-0.1, -0.05) is 19.3 Å². The Morgan fingerprint density at radius 3 is 2.00 bits per heavy atom. The second-order valence-corrected chi connectivity index (χ2v) is 3.43. The summed E-state index contributed by atoms with van der Waals surface area (Å²) >= 11 is 0. The van der Waals surface area contributed by atoms with Gasteiger partial charge in [0.15, 0.2) is 0 Å². The van der Waals surface area contributed by atoms with E-state index in [0.29, 0.717) is 0 Å². The van der Waals surface area contributed by atoms with Crippen LogP contribution in [0, 0.1) is 5.41 Å². The lowest BCUT2D eigenvalue weighted by atomic mass is 9.76. The first kappa shape index (κ1) is 11.2. The van der Waals surface area contributed by atoms with Crippen molar-refractivity contribution in [2.45, 2.75) is 39.0 Å². The average Bonchev–Trinajstić information content (AvgIpc) is 1.89. The van der Waals surface area contributed by atoms with Crippen LogP contribution < -0.4 is 0 Å². The first-order valence-corrected chi connectivity index (χ1v) is 3.88. The van der Waals surface area contributed by atoms with Crippen LogP contribution in [0.2, 0.25) is 0 Å². The largest absolute Gasteiger partial charge is 0.481 e. The molecule has 0 aromatic rings. The highest BCUT2D eigenvalue weighted by Gasteiger charge is 2.33. The summed E-state index contributed by atoms with van der Waals surface area (Å²) in [6.45, 7) is 1.86. The lowest BCUT2D eigenvalue weighted by Gasteiger charge is -2.28. The third-order valence-corrected chi connectivity index (χ3v) is 2.47. The fourth-order valence-electron chi connectivity index (χ4n) is 1.55. The molecular formula is C8H15IO2. The van der Waals surface area contributed by atoms with Crippen LogP contribution in [-0.4, -0.2) is 11.1 Å². The molecule has 0 saturated heterocycles. The molecule has 0 radical (unpaired) electrons. The maximum absolute atomic E-state index is 10.7. The zero-order valence-corrected chi connectivity index (χ0v) is 9.13. The van der Waals surface area contributed by atoms with Gasteiger partial charge in [-0.25, -0.2) is 0 Å². The number of hydrogen-bond acceptors (Lipinski definition) is 1. The Hall–Kier alpha value is 0.200. The van der Waals surface area contributed by atoms with Crippen molar-refractivity contribution >= 4 is 29.9 Å². The van der Waals surface area contributed by atoms with Crippen molar-refractivity contribution < 1.29 is 9.90 Å². The zero-order valence-electron chi connectivity index (χ0n) is 6.80. The molecule has 0 atom stereocenters. The molecule has 0 aromatic carbocycles. The third-order valence-electron chi connectivity index (χ3n) is 2.47. The van der Waals surface area contributed by atoms with Crippen molar-refractivity contribution in [3.05, 3.63) is 0 Å². The Bertz CT molecular complexity index is 139. The molecular weight excluding hydrogens is 255 g/mol. The Balaban J connectivity index is 0.000001000. The summed E-state index contributed by atoms with van der Waals surface area (Å²) in [6.07, 6.45) is 5.11. The van der Waals surface area contributed by atoms with Gasteiger partial charge in [0.2, 0.25) is 0 Å². The number of halogens is 1. The number of carbonyl (C=O) groups is 1. The number of aliphatic carboxylic acids is 1. The van der Waals surface area contributed by atoms with Crippen LogP contribution in [0.5, 0.6) is 0 Å². The molecule has 1 fully saturated rings. The molecule has 3 heteroatoms. The van der Waals surface area contributed by atoms with E-state index in [-0.39, 0.29) is 24.0 Å². The standard InChI is InChI=1S/C8H14O2.HI/c1-8(7(9)10)5-3-2-4-6-8;/h2-6H2,1H3,(H,9,10);1H. The predicted molar refractivity (Wildman–Crippen MR) is 54.2 cm³/mol. The molecule has 0 aromatic heterocycles. The van der Waals surface area contributed by atoms with Crippen molar-refractivity contribution in [1.29, 1.82) is 0 Å². The van der Waals surface area contributed by atoms with Crippen LogP contribution in [0.25, 0.3) is 0 Å². The van der Waals surface area contributed by atoms with E-state index in [2.05, 4.69) is 0 Å². The molecule has 0 bridgehead atoms. The molecule has 2 nitrogen and oxygen atoms in total. The van der Waals surface area contributed by atoms with Crippen molar-refractivity contribution in [1.82, 2.24) is 0 Å². The minimum atomic E-state index is -0.618. The van der Waals surface area contributed by atoms with Gasteiger partial charge in [-0.2, -0.15) is 0 Å². The Kier molecular flexibility index (Phi) is 4.36. The Morgan fingerprint density at radius 1 is 1.27 bits per heavy atom. The average molecular weight is 270 g/mol. The van der Waals surface area contributed by atoms with Crippen LogP contribution >= 0.6 is 24.0 Å². The Labute approximate surface area is 84.4 Å². The number of carboxylic acid groups (broad SMARTS) is 1. The second-order valence-electron chi connectivity index (χ2n) is 3.43. The van der Waals surface area contributed by atoms with Crippen molar-refractivity contribution in [3.63, 3.8) is 0 Å². The quantitative estimate of drug-likeness (QED) is 0.744. The molecule has 1 rings (SSSR count). The fraction of sp³-hybridized carbons (Fsp3) is 0.875. The monoisotopic (exact) mass is 270 g/mol. The molecule has 11 heavy (non-hydrogen) atoms. The van der Waals surface area contributed by atoms with E-state index >= 15 is 0 Å². The maximum Gasteiger partial charge on any atom is 0.309 e. The van der Waals surface area contributed by atoms with Crippen LogP contribution in [0.15, 0.2) is 0 Å². The highest BCUT2D eigenvalue weighted by molar-refractivity contribution is 14.0. The summed E-state index contributed by atoms with van der Waals surface area (Å²) in [6, 6.07) is 0. The molecule has 1 aliphatic rings. The summed E-state index contributed by atoms with van der Waals surface area (Å²) < 4.78 is 0. The molecule has 1 saturated carbocycles. The van der Waals surface area contributed by atoms with Gasteiger partial charge in [0.1, 0.15) is 0 Å². The molecule has 66 valence electrons. The smallest absolute Gasteiger partial charge is 0.309 e. The van der Waals surface area contributed by atoms with Gasteiger partial charge in [0.25, 0.3) is 0 Å². The SMILES string of the molecule is CC1(C(=O)O)CCCCC1.I. The van der Waals surface area contributed by atoms with E-state index in [4.69, 9.17) is 5.11 Å². The van der Waals surface area contributed by atoms with E-state index in [1.807, 2.05) is 6.92 Å². The van der Waals surface area contributed by atoms with Crippen LogP contribution in [0.3, 0.4) is 0 Å². The van der Waals surface area contributed by atoms with Crippen molar-refractivity contribution in [2.75, 3.05) is 0 Å². The molecule has 0 heterocycles. The summed E-state index contributed by atoms with van der Waals surface area (Å²) in [4.78, 5) is 10.7. The van der Waals surface area contributed by atoms with Crippen molar-refractivity contribution in [2.24, 2.45) is 5.41 Å². The first-order chi connectivity index (χ1) is 4.65. The van der Waals surface area contributed by atoms with E-state index in [0.717, 1.165) is 25.7 Å². The predicted octanol–water partition coefficient (Wildman–Crippen LogP) is 2.66. The van der Waals surface area contributed by atoms with Gasteiger partial charge in [-0.15, -0.1) is 24.0 Å². The summed E-state index contributed by atoms with van der Waals surface area (Å²) in [5.74, 6) is -0.618. The number of carboxylic acids is 1. The van der Waals surface area contributed by atoms with Gasteiger partial charge in [0, 0.05) is 0 Å². The zero-order chi connectivity index (χ0) is 7.61. The molecule has 1 aliphatic carbocycles. The minimum absolute atomic E-state index is 0. The van der Waals surface area contributed by atoms with Gasteiger partial charge < -0.3 is 5.11 Å². The van der Waals surface area contributed by atoms with E-state index in [1.54, 1.807) is 0 Å². The normalized spacial score (nSPS) is 21.9. The van der Waals surface area contributed by atoms with Crippen LogP contribution in [-0.2, 0) is 4.79 Å². The molecule has 0 unspecified atom stereocenters. The van der Waals surface area contributed by atoms with Gasteiger partial charge in [-0.3, -0.25) is 4.79 Å². The Morgan fingerprint density at radius 2 is 1.73 bits per heavy atom. The molecule has 0 aliphatic heterocycles. The van der Waals surface area contributed by atoms with Crippen molar-refractivity contribution in [3.8, 4) is 0 Å². The van der Waals surface area contributed by atoms with Gasteiger partial charge in [0.05, 0.1) is 5.41 Å². The van der Waals surface area contributed by atoms with E-state index in [1.165, 1.54) is 6.42 Å². The summed E-state index contributed by atoms with van der Waals surface area (Å²) in [5, 5.41) is 8.80. The minimum Gasteiger partial charge on any atom is -0.481 e. The second kappa shape index (κ2) is 4.28. The highest BCUT2D eigenvalue weighted by Crippen LogP contribution is 2.35. The fourth-order valence-corrected chi connectivity index (χ4v) is 1.55. The van der Waals surface area contributed by atoms with Gasteiger partial charge in [-0.05, 0) is 19.8 Å². The number of hydrogen-bond donors (Lipinski definition) is 1. The lowest BCUT2D eigenvalue weighted by molar-refractivity contribution is -0.149. The molecule has 1 N–H and O–H groups in total. The lowest BCUT2D eigenvalue weighted by Crippen LogP contribution is -2.29. The summed E-state index contributed by atoms with van der Waals surface area (Å²) in [7, 11) is 0. The van der Waals surface area contributed by atoms with E-state index < -0.39 is 11.4 Å². The maximum atomic E-state index is 10.7. The topological polar surface area (TPSA) is 37.3 Å². The molecule has 0 spiro atoms. The molecule has 0 amide bonds. The van der Waals surface area contributed by atoms with Crippen LogP contribution in [0.4, 0.5) is 0 Å². The number of rotatable bonds is 1. The summed E-state index contributed by atoms with van der Waals surface area (Å²) in [5.41, 5.74) is -0.405. The van der Waals surface area contributed by atoms with Gasteiger partial charge >= 0.3 is 5.97 Å². The van der Waals surface area contributed by atoms with Crippen LogP contribution in [0.1, 0.15) is 39.0 Å². The highest BCUT2D eigenvalue weighted by atomic mass is 127. The first-order valence-electron chi connectivity index (χ1n) is 3.88. The third kappa shape index (κ3) is 2.61. The van der Waals surface area contributed by atoms with E-state index in [9.17, 15) is 4.79 Å².